The predicted molar refractivity (Wildman–Crippen MR) is 84.0 cm³/mol. The number of carbonyl (C=O) groups is 1. The van der Waals surface area contributed by atoms with Gasteiger partial charge in [-0.3, -0.25) is 0 Å². The fraction of sp³-hybridized carbons (Fsp3) is 0.400. The zero-order valence-electron chi connectivity index (χ0n) is 12.2. The van der Waals surface area contributed by atoms with Gasteiger partial charge in [0.2, 0.25) is 0 Å². The molecule has 21 heavy (non-hydrogen) atoms. The van der Waals surface area contributed by atoms with E-state index in [1.807, 2.05) is 25.1 Å². The highest BCUT2D eigenvalue weighted by Gasteiger charge is 2.19. The molecule has 0 amide bonds. The molecule has 0 unspecified atom stereocenters. The van der Waals surface area contributed by atoms with Crippen molar-refractivity contribution >= 4 is 17.7 Å². The molecule has 1 N–H and O–H groups in total. The van der Waals surface area contributed by atoms with Crippen molar-refractivity contribution in [2.45, 2.75) is 26.8 Å². The van der Waals surface area contributed by atoms with Gasteiger partial charge in [-0.2, -0.15) is 11.8 Å². The molecule has 0 fully saturated rings. The second-order valence-electron chi connectivity index (χ2n) is 4.78. The highest BCUT2D eigenvalue weighted by molar-refractivity contribution is 7.99. The molecule has 1 aromatic carbocycles. The quantitative estimate of drug-likeness (QED) is 0.796. The number of aromatic carboxylic acids is 1. The molecule has 0 bridgehead atoms. The predicted octanol–water partition coefficient (Wildman–Crippen LogP) is 2.63. The van der Waals surface area contributed by atoms with Crippen LogP contribution in [0.3, 0.4) is 0 Å². The van der Waals surface area contributed by atoms with Crippen LogP contribution in [0.1, 0.15) is 34.2 Å². The molecular weight excluding hydrogens is 286 g/mol. The minimum atomic E-state index is -1.02. The first-order valence-corrected chi connectivity index (χ1v) is 8.06. The van der Waals surface area contributed by atoms with E-state index in [1.54, 1.807) is 16.4 Å². The molecule has 6 heteroatoms. The zero-order chi connectivity index (χ0) is 15.2. The standard InChI is InChI=1S/C15H19N3O2S/c1-3-21-8-7-18-13(14(15(19)20)16-17-18)10-12-6-4-5-11(2)9-12/h4-6,9H,3,7-8,10H2,1-2H3,(H,19,20). The van der Waals surface area contributed by atoms with Gasteiger partial charge in [0.1, 0.15) is 0 Å². The average Bonchev–Trinajstić information content (AvgIpc) is 2.82. The summed E-state index contributed by atoms with van der Waals surface area (Å²) in [6.07, 6.45) is 0.535. The summed E-state index contributed by atoms with van der Waals surface area (Å²) < 4.78 is 1.72. The minimum Gasteiger partial charge on any atom is -0.476 e. The van der Waals surface area contributed by atoms with E-state index in [-0.39, 0.29) is 5.69 Å². The molecule has 0 aliphatic rings. The van der Waals surface area contributed by atoms with Crippen LogP contribution in [-0.4, -0.2) is 37.6 Å². The van der Waals surface area contributed by atoms with E-state index in [2.05, 4.69) is 23.3 Å². The van der Waals surface area contributed by atoms with Crippen molar-refractivity contribution in [2.24, 2.45) is 0 Å². The Morgan fingerprint density at radius 3 is 2.90 bits per heavy atom. The van der Waals surface area contributed by atoms with Crippen LogP contribution in [-0.2, 0) is 13.0 Å². The van der Waals surface area contributed by atoms with Gasteiger partial charge < -0.3 is 5.11 Å². The van der Waals surface area contributed by atoms with Crippen molar-refractivity contribution in [2.75, 3.05) is 11.5 Å². The van der Waals surface area contributed by atoms with Gasteiger partial charge in [0.05, 0.1) is 12.2 Å². The number of aryl methyl sites for hydroxylation is 2. The van der Waals surface area contributed by atoms with Crippen molar-refractivity contribution in [1.29, 1.82) is 0 Å². The smallest absolute Gasteiger partial charge is 0.358 e. The Hall–Kier alpha value is -1.82. The Morgan fingerprint density at radius 1 is 1.43 bits per heavy atom. The van der Waals surface area contributed by atoms with Crippen LogP contribution in [0.5, 0.6) is 0 Å². The first-order valence-electron chi connectivity index (χ1n) is 6.90. The molecule has 1 aromatic heterocycles. The van der Waals surface area contributed by atoms with E-state index in [4.69, 9.17) is 0 Å². The van der Waals surface area contributed by atoms with Gasteiger partial charge in [0, 0.05) is 12.2 Å². The lowest BCUT2D eigenvalue weighted by Crippen LogP contribution is -2.10. The van der Waals surface area contributed by atoms with E-state index in [1.165, 1.54) is 0 Å². The third-order valence-electron chi connectivity index (χ3n) is 3.15. The van der Waals surface area contributed by atoms with Crippen molar-refractivity contribution in [3.8, 4) is 0 Å². The lowest BCUT2D eigenvalue weighted by molar-refractivity contribution is 0.0689. The minimum absolute atomic E-state index is 0.0537. The molecule has 0 saturated heterocycles. The zero-order valence-corrected chi connectivity index (χ0v) is 13.1. The van der Waals surface area contributed by atoms with Crippen LogP contribution in [0, 0.1) is 6.92 Å². The SMILES string of the molecule is CCSCCn1nnc(C(=O)O)c1Cc1cccc(C)c1. The van der Waals surface area contributed by atoms with Gasteiger partial charge in [-0.05, 0) is 18.2 Å². The van der Waals surface area contributed by atoms with E-state index in [0.29, 0.717) is 18.7 Å². The monoisotopic (exact) mass is 305 g/mol. The van der Waals surface area contributed by atoms with Gasteiger partial charge in [-0.1, -0.05) is 42.0 Å². The lowest BCUT2D eigenvalue weighted by Gasteiger charge is -2.07. The number of aromatic nitrogens is 3. The van der Waals surface area contributed by atoms with Gasteiger partial charge in [0.15, 0.2) is 5.69 Å². The Kier molecular flexibility index (Phi) is 5.38. The van der Waals surface area contributed by atoms with Crippen LogP contribution in [0.4, 0.5) is 0 Å². The summed E-state index contributed by atoms with van der Waals surface area (Å²) in [5.41, 5.74) is 2.96. The highest BCUT2D eigenvalue weighted by Crippen LogP contribution is 2.15. The maximum atomic E-state index is 11.3. The number of carboxylic acid groups (broad SMARTS) is 1. The van der Waals surface area contributed by atoms with Crippen molar-refractivity contribution in [1.82, 2.24) is 15.0 Å². The molecule has 0 aliphatic heterocycles. The molecule has 1 heterocycles. The first-order chi connectivity index (χ1) is 10.1. The Labute approximate surface area is 128 Å². The number of nitrogens with zero attached hydrogens (tertiary/aromatic N) is 3. The molecule has 0 aliphatic carbocycles. The summed E-state index contributed by atoms with van der Waals surface area (Å²) in [6, 6.07) is 8.06. The molecule has 0 spiro atoms. The van der Waals surface area contributed by atoms with Crippen LogP contribution in [0.15, 0.2) is 24.3 Å². The van der Waals surface area contributed by atoms with Crippen LogP contribution >= 0.6 is 11.8 Å². The topological polar surface area (TPSA) is 68.0 Å². The molecule has 0 atom stereocenters. The normalized spacial score (nSPS) is 10.8. The Bertz CT molecular complexity index is 625. The van der Waals surface area contributed by atoms with Gasteiger partial charge >= 0.3 is 5.97 Å². The number of rotatable bonds is 7. The van der Waals surface area contributed by atoms with Crippen LogP contribution in [0.2, 0.25) is 0 Å². The summed E-state index contributed by atoms with van der Waals surface area (Å²) >= 11 is 1.80. The van der Waals surface area contributed by atoms with E-state index >= 15 is 0 Å². The average molecular weight is 305 g/mol. The van der Waals surface area contributed by atoms with Gasteiger partial charge in [0.25, 0.3) is 0 Å². The number of benzene rings is 1. The third kappa shape index (κ3) is 4.07. The van der Waals surface area contributed by atoms with Crippen LogP contribution < -0.4 is 0 Å². The van der Waals surface area contributed by atoms with Crippen molar-refractivity contribution < 1.29 is 9.90 Å². The fourth-order valence-electron chi connectivity index (χ4n) is 2.16. The van der Waals surface area contributed by atoms with Crippen molar-refractivity contribution in [3.63, 3.8) is 0 Å². The number of hydrogen-bond donors (Lipinski definition) is 1. The maximum Gasteiger partial charge on any atom is 0.358 e. The summed E-state index contributed by atoms with van der Waals surface area (Å²) in [6.45, 7) is 4.80. The highest BCUT2D eigenvalue weighted by atomic mass is 32.2. The molecule has 2 rings (SSSR count). The molecule has 112 valence electrons. The molecule has 2 aromatic rings. The maximum absolute atomic E-state index is 11.3. The summed E-state index contributed by atoms with van der Waals surface area (Å²) in [7, 11) is 0. The Balaban J connectivity index is 2.25. The molecular formula is C15H19N3O2S. The first kappa shape index (κ1) is 15.6. The van der Waals surface area contributed by atoms with Crippen molar-refractivity contribution in [3.05, 3.63) is 46.8 Å². The third-order valence-corrected chi connectivity index (χ3v) is 4.03. The van der Waals surface area contributed by atoms with E-state index in [9.17, 15) is 9.90 Å². The summed E-state index contributed by atoms with van der Waals surface area (Å²) in [5, 5.41) is 17.1. The number of hydrogen-bond acceptors (Lipinski definition) is 4. The number of carboxylic acids is 1. The van der Waals surface area contributed by atoms with Gasteiger partial charge in [-0.25, -0.2) is 9.48 Å². The summed E-state index contributed by atoms with van der Waals surface area (Å²) in [4.78, 5) is 11.3. The second kappa shape index (κ2) is 7.26. The largest absolute Gasteiger partial charge is 0.476 e. The second-order valence-corrected chi connectivity index (χ2v) is 6.17. The fourth-order valence-corrected chi connectivity index (χ4v) is 2.76. The molecule has 5 nitrogen and oxygen atoms in total. The lowest BCUT2D eigenvalue weighted by atomic mass is 10.1. The van der Waals surface area contributed by atoms with Crippen LogP contribution in [0.25, 0.3) is 0 Å². The van der Waals surface area contributed by atoms with Gasteiger partial charge in [-0.15, -0.1) is 5.10 Å². The molecule has 0 saturated carbocycles. The molecule has 0 radical (unpaired) electrons. The van der Waals surface area contributed by atoms with E-state index in [0.717, 1.165) is 22.6 Å². The van der Waals surface area contributed by atoms with E-state index < -0.39 is 5.97 Å². The Morgan fingerprint density at radius 2 is 2.24 bits per heavy atom. The number of thioether (sulfide) groups is 1. The summed E-state index contributed by atoms with van der Waals surface area (Å²) in [5.74, 6) is 0.917.